The van der Waals surface area contributed by atoms with E-state index >= 15 is 0 Å². The highest BCUT2D eigenvalue weighted by Crippen LogP contribution is 2.25. The number of para-hydroxylation sites is 2. The fraction of sp³-hybridized carbons (Fsp3) is 0.214. The second-order valence-electron chi connectivity index (χ2n) is 8.18. The first-order valence-corrected chi connectivity index (χ1v) is 12.2. The van der Waals surface area contributed by atoms with Crippen LogP contribution >= 0.6 is 23.2 Å². The first-order chi connectivity index (χ1) is 16.6. The molecule has 0 bridgehead atoms. The maximum absolute atomic E-state index is 12.0. The Hall–Kier alpha value is -3.08. The second-order valence-corrected chi connectivity index (χ2v) is 9.03. The summed E-state index contributed by atoms with van der Waals surface area (Å²) < 4.78 is 2.24. The van der Waals surface area contributed by atoms with E-state index in [1.54, 1.807) is 12.1 Å². The highest BCUT2D eigenvalue weighted by atomic mass is 35.5. The van der Waals surface area contributed by atoms with Gasteiger partial charge in [-0.05, 0) is 54.3 Å². The molecule has 0 fully saturated rings. The van der Waals surface area contributed by atoms with Gasteiger partial charge in [-0.2, -0.15) is 0 Å². The molecule has 0 saturated heterocycles. The van der Waals surface area contributed by atoms with Crippen molar-refractivity contribution in [2.24, 2.45) is 0 Å². The summed E-state index contributed by atoms with van der Waals surface area (Å²) in [5.41, 5.74) is 4.11. The smallest absolute Gasteiger partial charge is 0.243 e. The molecule has 34 heavy (non-hydrogen) atoms. The van der Waals surface area contributed by atoms with Crippen molar-refractivity contribution in [1.29, 1.82) is 0 Å². The summed E-state index contributed by atoms with van der Waals surface area (Å²) in [7, 11) is 0. The minimum absolute atomic E-state index is 0.0644. The summed E-state index contributed by atoms with van der Waals surface area (Å²) in [6.07, 6.45) is 7.20. The van der Waals surface area contributed by atoms with Crippen LogP contribution in [0.1, 0.15) is 36.2 Å². The van der Waals surface area contributed by atoms with E-state index in [0.717, 1.165) is 53.7 Å². The lowest BCUT2D eigenvalue weighted by molar-refractivity contribution is -0.116. The first kappa shape index (κ1) is 24.1. The van der Waals surface area contributed by atoms with Gasteiger partial charge in [-0.1, -0.05) is 78.2 Å². The molecule has 1 aromatic heterocycles. The van der Waals surface area contributed by atoms with Crippen LogP contribution in [0.4, 0.5) is 0 Å². The summed E-state index contributed by atoms with van der Waals surface area (Å²) in [6, 6.07) is 23.6. The van der Waals surface area contributed by atoms with Gasteiger partial charge in [-0.3, -0.25) is 4.79 Å². The maximum Gasteiger partial charge on any atom is 0.243 e. The predicted molar refractivity (Wildman–Crippen MR) is 141 cm³/mol. The van der Waals surface area contributed by atoms with Crippen molar-refractivity contribution in [3.8, 4) is 0 Å². The van der Waals surface area contributed by atoms with Crippen LogP contribution in [-0.2, 0) is 17.8 Å². The minimum Gasteiger partial charge on any atom is -0.353 e. The molecule has 0 saturated carbocycles. The zero-order valence-corrected chi connectivity index (χ0v) is 20.4. The van der Waals surface area contributed by atoms with Gasteiger partial charge < -0.3 is 9.88 Å². The Morgan fingerprint density at radius 1 is 0.941 bits per heavy atom. The van der Waals surface area contributed by atoms with Crippen LogP contribution in [0, 0.1) is 0 Å². The molecule has 4 rings (SSSR count). The molecule has 174 valence electrons. The molecular formula is C28H27Cl2N3O. The predicted octanol–water partition coefficient (Wildman–Crippen LogP) is 6.93. The van der Waals surface area contributed by atoms with E-state index in [9.17, 15) is 4.79 Å². The Balaban J connectivity index is 1.30. The van der Waals surface area contributed by atoms with Gasteiger partial charge in [0.25, 0.3) is 0 Å². The van der Waals surface area contributed by atoms with E-state index < -0.39 is 0 Å². The zero-order valence-electron chi connectivity index (χ0n) is 18.9. The van der Waals surface area contributed by atoms with Crippen molar-refractivity contribution in [2.45, 2.75) is 32.2 Å². The number of carbonyl (C=O) groups is 1. The number of hydrogen-bond acceptors (Lipinski definition) is 2. The van der Waals surface area contributed by atoms with Crippen LogP contribution < -0.4 is 5.32 Å². The number of aromatic nitrogens is 2. The molecule has 0 aliphatic carbocycles. The topological polar surface area (TPSA) is 46.9 Å². The van der Waals surface area contributed by atoms with Crippen molar-refractivity contribution < 1.29 is 4.79 Å². The van der Waals surface area contributed by atoms with E-state index in [2.05, 4.69) is 16.0 Å². The van der Waals surface area contributed by atoms with Gasteiger partial charge in [0.05, 0.1) is 17.6 Å². The number of aryl methyl sites for hydroxylation is 1. The SMILES string of the molecule is O=C(/C=C/c1ccccc1)NCCCCCc1nc2ccccc2n1Cc1ccc(Cl)cc1Cl. The van der Waals surface area contributed by atoms with E-state index in [1.807, 2.05) is 66.7 Å². The number of hydrogen-bond donors (Lipinski definition) is 1. The van der Waals surface area contributed by atoms with Gasteiger partial charge in [0.2, 0.25) is 5.91 Å². The number of fused-ring (bicyclic) bond motifs is 1. The van der Waals surface area contributed by atoms with Crippen LogP contribution in [0.25, 0.3) is 17.1 Å². The van der Waals surface area contributed by atoms with Crippen molar-refractivity contribution in [3.63, 3.8) is 0 Å². The molecule has 0 atom stereocenters. The molecule has 1 amide bonds. The van der Waals surface area contributed by atoms with Gasteiger partial charge in [0.15, 0.2) is 0 Å². The number of benzene rings is 3. The van der Waals surface area contributed by atoms with Gasteiger partial charge in [-0.25, -0.2) is 4.98 Å². The van der Waals surface area contributed by atoms with Gasteiger partial charge >= 0.3 is 0 Å². The summed E-state index contributed by atoms with van der Waals surface area (Å²) >= 11 is 12.5. The summed E-state index contributed by atoms with van der Waals surface area (Å²) in [4.78, 5) is 16.9. The minimum atomic E-state index is -0.0644. The third kappa shape index (κ3) is 6.49. The summed E-state index contributed by atoms with van der Waals surface area (Å²) in [5.74, 6) is 0.979. The van der Waals surface area contributed by atoms with Crippen molar-refractivity contribution in [2.75, 3.05) is 6.54 Å². The van der Waals surface area contributed by atoms with E-state index in [4.69, 9.17) is 28.2 Å². The number of nitrogens with one attached hydrogen (secondary N) is 1. The molecule has 0 aliphatic rings. The number of imidazole rings is 1. The van der Waals surface area contributed by atoms with Crippen LogP contribution in [0.5, 0.6) is 0 Å². The number of amides is 1. The molecule has 1 N–H and O–H groups in total. The van der Waals surface area contributed by atoms with Crippen molar-refractivity contribution >= 4 is 46.2 Å². The molecule has 1 heterocycles. The van der Waals surface area contributed by atoms with Gasteiger partial charge in [0, 0.05) is 29.1 Å². The van der Waals surface area contributed by atoms with Crippen molar-refractivity contribution in [1.82, 2.24) is 14.9 Å². The standard InChI is InChI=1S/C28H27Cl2N3O/c29-23-16-15-22(24(30)19-23)20-33-26-12-7-6-11-25(26)32-27(33)13-5-2-8-18-31-28(34)17-14-21-9-3-1-4-10-21/h1,3-4,6-7,9-12,14-17,19H,2,5,8,13,18,20H2,(H,31,34)/b17-14+. The largest absolute Gasteiger partial charge is 0.353 e. The van der Waals surface area contributed by atoms with E-state index in [1.165, 1.54) is 0 Å². The number of carbonyl (C=O) groups excluding carboxylic acids is 1. The number of rotatable bonds is 10. The van der Waals surface area contributed by atoms with E-state index in [-0.39, 0.29) is 5.91 Å². The van der Waals surface area contributed by atoms with Crippen molar-refractivity contribution in [3.05, 3.63) is 106 Å². The monoisotopic (exact) mass is 491 g/mol. The average molecular weight is 492 g/mol. The Morgan fingerprint density at radius 3 is 2.56 bits per heavy atom. The zero-order chi connectivity index (χ0) is 23.8. The Kier molecular flexibility index (Phi) is 8.40. The molecule has 0 radical (unpaired) electrons. The Labute approximate surface area is 210 Å². The summed E-state index contributed by atoms with van der Waals surface area (Å²) in [5, 5.41) is 4.25. The number of unbranched alkanes of at least 4 members (excludes halogenated alkanes) is 2. The maximum atomic E-state index is 12.0. The van der Waals surface area contributed by atoms with E-state index in [0.29, 0.717) is 23.1 Å². The van der Waals surface area contributed by atoms with Crippen LogP contribution in [0.2, 0.25) is 10.0 Å². The molecule has 6 heteroatoms. The highest BCUT2D eigenvalue weighted by molar-refractivity contribution is 6.35. The molecular weight excluding hydrogens is 465 g/mol. The molecule has 0 aliphatic heterocycles. The molecule has 0 spiro atoms. The lowest BCUT2D eigenvalue weighted by Gasteiger charge is -2.11. The molecule has 4 nitrogen and oxygen atoms in total. The Bertz CT molecular complexity index is 1280. The fourth-order valence-electron chi connectivity index (χ4n) is 3.90. The first-order valence-electron chi connectivity index (χ1n) is 11.5. The molecule has 4 aromatic rings. The molecule has 0 unspecified atom stereocenters. The Morgan fingerprint density at radius 2 is 1.74 bits per heavy atom. The lowest BCUT2D eigenvalue weighted by Crippen LogP contribution is -2.22. The number of nitrogens with zero attached hydrogens (tertiary/aromatic N) is 2. The lowest BCUT2D eigenvalue weighted by atomic mass is 10.1. The van der Waals surface area contributed by atoms with Gasteiger partial charge in [0.1, 0.15) is 5.82 Å². The van der Waals surface area contributed by atoms with Crippen LogP contribution in [0.15, 0.2) is 78.9 Å². The fourth-order valence-corrected chi connectivity index (χ4v) is 4.37. The average Bonchev–Trinajstić information content (AvgIpc) is 3.19. The van der Waals surface area contributed by atoms with Crippen LogP contribution in [0.3, 0.4) is 0 Å². The highest BCUT2D eigenvalue weighted by Gasteiger charge is 2.12. The summed E-state index contributed by atoms with van der Waals surface area (Å²) in [6.45, 7) is 1.31. The normalized spacial score (nSPS) is 11.4. The second kappa shape index (κ2) is 11.9. The third-order valence-electron chi connectivity index (χ3n) is 5.68. The van der Waals surface area contributed by atoms with Crippen LogP contribution in [-0.4, -0.2) is 22.0 Å². The molecule has 3 aromatic carbocycles. The quantitative estimate of drug-likeness (QED) is 0.193. The van der Waals surface area contributed by atoms with Gasteiger partial charge in [-0.15, -0.1) is 0 Å². The number of halogens is 2. The third-order valence-corrected chi connectivity index (χ3v) is 6.27.